The maximum absolute atomic E-state index is 13.1. The summed E-state index contributed by atoms with van der Waals surface area (Å²) in [5, 5.41) is 3.78. The van der Waals surface area contributed by atoms with Crippen LogP contribution in [0.1, 0.15) is 29.0 Å². The van der Waals surface area contributed by atoms with Crippen molar-refractivity contribution >= 4 is 33.8 Å². The number of hydrogen-bond donors (Lipinski definition) is 1. The fourth-order valence-corrected chi connectivity index (χ4v) is 4.10. The third-order valence-electron chi connectivity index (χ3n) is 5.74. The number of carbonyl (C=O) groups is 1. The van der Waals surface area contributed by atoms with Crippen molar-refractivity contribution in [3.63, 3.8) is 0 Å². The Balaban J connectivity index is 1.51. The van der Waals surface area contributed by atoms with Gasteiger partial charge >= 0.3 is 0 Å². The van der Waals surface area contributed by atoms with Gasteiger partial charge in [-0.15, -0.1) is 0 Å². The van der Waals surface area contributed by atoms with E-state index in [9.17, 15) is 4.79 Å². The van der Waals surface area contributed by atoms with Crippen LogP contribution in [0, 0.1) is 0 Å². The Morgan fingerprint density at radius 1 is 1.09 bits per heavy atom. The molecule has 1 aliphatic heterocycles. The van der Waals surface area contributed by atoms with Crippen LogP contribution in [-0.4, -0.2) is 43.2 Å². The summed E-state index contributed by atoms with van der Waals surface area (Å²) in [6.45, 7) is 2.02. The molecule has 8 heteroatoms. The second-order valence-corrected chi connectivity index (χ2v) is 7.70. The van der Waals surface area contributed by atoms with Gasteiger partial charge in [0.05, 0.1) is 14.2 Å². The van der Waals surface area contributed by atoms with Gasteiger partial charge in [-0.25, -0.2) is 9.97 Å². The number of nitrogens with zero attached hydrogens (tertiary/aromatic N) is 3. The molecule has 3 heterocycles. The summed E-state index contributed by atoms with van der Waals surface area (Å²) >= 11 is 0. The largest absolute Gasteiger partial charge is 0.497 e. The first-order valence-corrected chi connectivity index (χ1v) is 10.6. The first-order chi connectivity index (χ1) is 15.7. The van der Waals surface area contributed by atoms with Crippen LogP contribution in [0.5, 0.6) is 11.5 Å². The minimum atomic E-state index is -0.359. The minimum Gasteiger partial charge on any atom is -0.497 e. The molecule has 0 atom stereocenters. The molecule has 164 valence electrons. The molecule has 0 unspecified atom stereocenters. The number of anilines is 1. The number of nitrogens with one attached hydrogen (secondary N) is 1. The van der Waals surface area contributed by atoms with Crippen molar-refractivity contribution in [2.45, 2.75) is 19.4 Å². The zero-order valence-electron chi connectivity index (χ0n) is 18.1. The Bertz CT molecular complexity index is 1290. The molecule has 1 fully saturated rings. The number of benzene rings is 2. The second-order valence-electron chi connectivity index (χ2n) is 7.70. The van der Waals surface area contributed by atoms with Crippen molar-refractivity contribution < 1.29 is 18.7 Å². The van der Waals surface area contributed by atoms with Gasteiger partial charge in [-0.3, -0.25) is 4.79 Å². The maximum Gasteiger partial charge on any atom is 0.289 e. The number of fused-ring (bicyclic) bond motifs is 3. The average Bonchev–Trinajstić information content (AvgIpc) is 3.50. The topological polar surface area (TPSA) is 89.7 Å². The average molecular weight is 432 g/mol. The first-order valence-electron chi connectivity index (χ1n) is 10.6. The van der Waals surface area contributed by atoms with Gasteiger partial charge in [-0.05, 0) is 43.2 Å². The fourth-order valence-electron chi connectivity index (χ4n) is 4.10. The summed E-state index contributed by atoms with van der Waals surface area (Å²) in [4.78, 5) is 24.4. The van der Waals surface area contributed by atoms with Gasteiger partial charge in [0, 0.05) is 30.6 Å². The van der Waals surface area contributed by atoms with Gasteiger partial charge in [0.1, 0.15) is 22.6 Å². The summed E-state index contributed by atoms with van der Waals surface area (Å²) in [6.07, 6.45) is 2.17. The Labute approximate surface area is 185 Å². The lowest BCUT2D eigenvalue weighted by Gasteiger charge is -2.17. The highest BCUT2D eigenvalue weighted by Gasteiger charge is 2.24. The molecule has 1 amide bonds. The van der Waals surface area contributed by atoms with E-state index in [1.165, 1.54) is 0 Å². The monoisotopic (exact) mass is 432 g/mol. The molecule has 4 aromatic rings. The third-order valence-corrected chi connectivity index (χ3v) is 5.74. The number of ether oxygens (including phenoxy) is 2. The molecule has 0 radical (unpaired) electrons. The van der Waals surface area contributed by atoms with E-state index in [4.69, 9.17) is 13.9 Å². The van der Waals surface area contributed by atoms with Crippen LogP contribution >= 0.6 is 0 Å². The van der Waals surface area contributed by atoms with Gasteiger partial charge in [0.15, 0.2) is 11.4 Å². The summed E-state index contributed by atoms with van der Waals surface area (Å²) in [5.41, 5.74) is 2.81. The SMILES string of the molecule is COc1ccc(OC)c(CNC(=O)c2nc(N3CCCC3)c3oc4ccccc4c3n2)c1. The van der Waals surface area contributed by atoms with Crippen molar-refractivity contribution in [1.82, 2.24) is 15.3 Å². The standard InChI is InChI=1S/C24H24N4O4/c1-30-16-9-10-18(31-2)15(13-16)14-25-24(29)22-26-20-17-7-3-4-8-19(17)32-21(20)23(27-22)28-11-5-6-12-28/h3-4,7-10,13H,5-6,11-12,14H2,1-2H3,(H,25,29). The lowest BCUT2D eigenvalue weighted by Crippen LogP contribution is -2.27. The summed E-state index contributed by atoms with van der Waals surface area (Å²) in [7, 11) is 3.19. The van der Waals surface area contributed by atoms with Gasteiger partial charge < -0.3 is 24.1 Å². The Kier molecular flexibility index (Phi) is 5.26. The van der Waals surface area contributed by atoms with E-state index in [-0.39, 0.29) is 18.3 Å². The molecule has 2 aromatic carbocycles. The van der Waals surface area contributed by atoms with Crippen molar-refractivity contribution in [3.05, 3.63) is 53.9 Å². The van der Waals surface area contributed by atoms with Crippen LogP contribution in [0.25, 0.3) is 22.1 Å². The predicted octanol–water partition coefficient (Wildman–Crippen LogP) is 3.92. The third kappa shape index (κ3) is 3.57. The number of hydrogen-bond acceptors (Lipinski definition) is 7. The normalized spacial score (nSPS) is 13.6. The molecule has 0 spiro atoms. The minimum absolute atomic E-state index is 0.118. The van der Waals surface area contributed by atoms with E-state index in [1.54, 1.807) is 14.2 Å². The first kappa shape index (κ1) is 20.1. The number of furan rings is 1. The number of amides is 1. The summed E-state index contributed by atoms with van der Waals surface area (Å²) in [5.74, 6) is 1.79. The molecule has 32 heavy (non-hydrogen) atoms. The van der Waals surface area contributed by atoms with Crippen LogP contribution in [0.3, 0.4) is 0 Å². The van der Waals surface area contributed by atoms with Crippen LogP contribution in [0.2, 0.25) is 0 Å². The number of carbonyl (C=O) groups excluding carboxylic acids is 1. The van der Waals surface area contributed by atoms with E-state index >= 15 is 0 Å². The second kappa shape index (κ2) is 8.37. The van der Waals surface area contributed by atoms with Crippen molar-refractivity contribution in [3.8, 4) is 11.5 Å². The van der Waals surface area contributed by atoms with Crippen molar-refractivity contribution in [2.24, 2.45) is 0 Å². The van der Waals surface area contributed by atoms with Crippen LogP contribution in [-0.2, 0) is 6.54 Å². The zero-order chi connectivity index (χ0) is 22.1. The zero-order valence-corrected chi connectivity index (χ0v) is 18.1. The van der Waals surface area contributed by atoms with Crippen molar-refractivity contribution in [2.75, 3.05) is 32.2 Å². The molecular formula is C24H24N4O4. The van der Waals surface area contributed by atoms with Gasteiger partial charge in [-0.1, -0.05) is 12.1 Å². The van der Waals surface area contributed by atoms with Crippen LogP contribution < -0.4 is 19.7 Å². The van der Waals surface area contributed by atoms with E-state index in [0.717, 1.165) is 42.5 Å². The van der Waals surface area contributed by atoms with E-state index in [2.05, 4.69) is 20.2 Å². The van der Waals surface area contributed by atoms with E-state index in [1.807, 2.05) is 42.5 Å². The Morgan fingerprint density at radius 3 is 2.69 bits per heavy atom. The van der Waals surface area contributed by atoms with E-state index < -0.39 is 0 Å². The van der Waals surface area contributed by atoms with Gasteiger partial charge in [0.25, 0.3) is 5.91 Å². The highest BCUT2D eigenvalue weighted by Crippen LogP contribution is 2.34. The molecule has 8 nitrogen and oxygen atoms in total. The fraction of sp³-hybridized carbons (Fsp3) is 0.292. The molecule has 1 N–H and O–H groups in total. The highest BCUT2D eigenvalue weighted by atomic mass is 16.5. The lowest BCUT2D eigenvalue weighted by molar-refractivity contribution is 0.0940. The Hall–Kier alpha value is -3.81. The Morgan fingerprint density at radius 2 is 1.91 bits per heavy atom. The number of para-hydroxylation sites is 1. The van der Waals surface area contributed by atoms with Gasteiger partial charge in [-0.2, -0.15) is 0 Å². The summed E-state index contributed by atoms with van der Waals surface area (Å²) < 4.78 is 16.8. The van der Waals surface area contributed by atoms with Crippen LogP contribution in [0.4, 0.5) is 5.82 Å². The van der Waals surface area contributed by atoms with Crippen LogP contribution in [0.15, 0.2) is 46.9 Å². The number of aromatic nitrogens is 2. The molecule has 0 saturated carbocycles. The molecule has 1 saturated heterocycles. The molecule has 1 aliphatic rings. The highest BCUT2D eigenvalue weighted by molar-refractivity contribution is 6.07. The smallest absolute Gasteiger partial charge is 0.289 e. The number of rotatable bonds is 6. The maximum atomic E-state index is 13.1. The molecule has 5 rings (SSSR count). The molecule has 0 aliphatic carbocycles. The molecular weight excluding hydrogens is 408 g/mol. The quantitative estimate of drug-likeness (QED) is 0.494. The summed E-state index contributed by atoms with van der Waals surface area (Å²) in [6, 6.07) is 13.2. The lowest BCUT2D eigenvalue weighted by atomic mass is 10.2. The van der Waals surface area contributed by atoms with Gasteiger partial charge in [0.2, 0.25) is 5.82 Å². The van der Waals surface area contributed by atoms with Crippen molar-refractivity contribution in [1.29, 1.82) is 0 Å². The van der Waals surface area contributed by atoms with E-state index in [0.29, 0.717) is 28.4 Å². The predicted molar refractivity (Wildman–Crippen MR) is 121 cm³/mol. The molecule has 2 aromatic heterocycles. The number of methoxy groups -OCH3 is 2. The molecule has 0 bridgehead atoms.